The van der Waals surface area contributed by atoms with E-state index in [1.165, 1.54) is 29.3 Å². The fourth-order valence-electron chi connectivity index (χ4n) is 3.53. The number of hydrogen-bond donors (Lipinski definition) is 0. The molecule has 1 aliphatic heterocycles. The first kappa shape index (κ1) is 21.4. The van der Waals surface area contributed by atoms with Crippen LogP contribution in [0.5, 0.6) is 5.75 Å². The number of aryl methyl sites for hydroxylation is 1. The molecule has 5 nitrogen and oxygen atoms in total. The zero-order chi connectivity index (χ0) is 21.8. The average molecular weight is 443 g/mol. The van der Waals surface area contributed by atoms with Gasteiger partial charge in [-0.25, -0.2) is 4.39 Å². The maximum Gasteiger partial charge on any atom is 0.289 e. The van der Waals surface area contributed by atoms with Crippen molar-refractivity contribution in [1.82, 2.24) is 9.80 Å². The fraction of sp³-hybridized carbons (Fsp3) is 0.292. The molecule has 0 N–H and O–H groups in total. The SMILES string of the molecule is Cc1ccc(CN2CCN(C(=O)c3ccc(COc4ccc(F)cc4Cl)o3)CC2)cc1. The Labute approximate surface area is 186 Å². The molecule has 0 aliphatic carbocycles. The smallest absolute Gasteiger partial charge is 0.289 e. The summed E-state index contributed by atoms with van der Waals surface area (Å²) in [5.41, 5.74) is 2.53. The molecule has 7 heteroatoms. The molecule has 0 atom stereocenters. The first-order valence-corrected chi connectivity index (χ1v) is 10.6. The first-order valence-electron chi connectivity index (χ1n) is 10.2. The van der Waals surface area contributed by atoms with Crippen molar-refractivity contribution < 1.29 is 18.3 Å². The molecular formula is C24H24ClFN2O3. The van der Waals surface area contributed by atoms with Gasteiger partial charge in [-0.2, -0.15) is 0 Å². The Kier molecular flexibility index (Phi) is 6.59. The normalized spacial score (nSPS) is 14.6. The highest BCUT2D eigenvalue weighted by molar-refractivity contribution is 6.32. The Balaban J connectivity index is 1.28. The summed E-state index contributed by atoms with van der Waals surface area (Å²) in [7, 11) is 0. The van der Waals surface area contributed by atoms with Crippen LogP contribution in [-0.4, -0.2) is 41.9 Å². The molecule has 4 rings (SSSR count). The molecule has 0 unspecified atom stereocenters. The van der Waals surface area contributed by atoms with E-state index in [9.17, 15) is 9.18 Å². The lowest BCUT2D eigenvalue weighted by Crippen LogP contribution is -2.48. The van der Waals surface area contributed by atoms with Crippen LogP contribution in [-0.2, 0) is 13.2 Å². The number of hydrogen-bond acceptors (Lipinski definition) is 4. The third kappa shape index (κ3) is 5.46. The molecule has 0 bridgehead atoms. The van der Waals surface area contributed by atoms with E-state index in [-0.39, 0.29) is 23.3 Å². The van der Waals surface area contributed by atoms with Crippen LogP contribution in [0.25, 0.3) is 0 Å². The summed E-state index contributed by atoms with van der Waals surface area (Å²) >= 11 is 5.96. The van der Waals surface area contributed by atoms with Crippen LogP contribution in [0.3, 0.4) is 0 Å². The van der Waals surface area contributed by atoms with Gasteiger partial charge in [0.25, 0.3) is 5.91 Å². The average Bonchev–Trinajstić information content (AvgIpc) is 3.24. The monoisotopic (exact) mass is 442 g/mol. The van der Waals surface area contributed by atoms with E-state index < -0.39 is 5.82 Å². The van der Waals surface area contributed by atoms with Gasteiger partial charge >= 0.3 is 0 Å². The molecule has 0 saturated carbocycles. The Morgan fingerprint density at radius 2 is 1.81 bits per heavy atom. The van der Waals surface area contributed by atoms with Crippen molar-refractivity contribution in [2.24, 2.45) is 0 Å². The summed E-state index contributed by atoms with van der Waals surface area (Å²) in [4.78, 5) is 17.0. The number of amides is 1. The van der Waals surface area contributed by atoms with Crippen molar-refractivity contribution in [3.8, 4) is 5.75 Å². The van der Waals surface area contributed by atoms with E-state index in [0.717, 1.165) is 19.6 Å². The van der Waals surface area contributed by atoms with E-state index in [1.54, 1.807) is 12.1 Å². The number of furan rings is 1. The summed E-state index contributed by atoms with van der Waals surface area (Å²) in [5, 5.41) is 0.186. The van der Waals surface area contributed by atoms with Gasteiger partial charge in [-0.1, -0.05) is 41.4 Å². The molecule has 1 aromatic heterocycles. The van der Waals surface area contributed by atoms with Crippen LogP contribution in [0.1, 0.15) is 27.4 Å². The quantitative estimate of drug-likeness (QED) is 0.543. The van der Waals surface area contributed by atoms with Crippen molar-refractivity contribution in [3.05, 3.63) is 88.1 Å². The van der Waals surface area contributed by atoms with E-state index in [1.807, 2.05) is 4.90 Å². The number of carbonyl (C=O) groups is 1. The summed E-state index contributed by atoms with van der Waals surface area (Å²) < 4.78 is 24.4. The Morgan fingerprint density at radius 1 is 1.06 bits per heavy atom. The van der Waals surface area contributed by atoms with Crippen LogP contribution in [0.2, 0.25) is 5.02 Å². The van der Waals surface area contributed by atoms with Gasteiger partial charge < -0.3 is 14.1 Å². The second-order valence-corrected chi connectivity index (χ2v) is 8.09. The van der Waals surface area contributed by atoms with Crippen molar-refractivity contribution in [1.29, 1.82) is 0 Å². The number of carbonyl (C=O) groups excluding carboxylic acids is 1. The molecule has 1 saturated heterocycles. The van der Waals surface area contributed by atoms with Crippen LogP contribution >= 0.6 is 11.6 Å². The van der Waals surface area contributed by atoms with Crippen molar-refractivity contribution in [2.75, 3.05) is 26.2 Å². The molecule has 1 aliphatic rings. The molecule has 3 aromatic rings. The van der Waals surface area contributed by atoms with Gasteiger partial charge in [0.1, 0.15) is 23.9 Å². The predicted molar refractivity (Wildman–Crippen MR) is 117 cm³/mol. The standard InChI is InChI=1S/C24H24ClFN2O3/c1-17-2-4-18(5-3-17)15-27-10-12-28(13-11-27)24(29)23-9-7-20(31-23)16-30-22-8-6-19(26)14-21(22)25/h2-9,14H,10-13,15-16H2,1H3. The lowest BCUT2D eigenvalue weighted by Gasteiger charge is -2.34. The zero-order valence-corrected chi connectivity index (χ0v) is 18.1. The number of ether oxygens (including phenoxy) is 1. The summed E-state index contributed by atoms with van der Waals surface area (Å²) in [5.74, 6) is 0.595. The minimum absolute atomic E-state index is 0.100. The lowest BCUT2D eigenvalue weighted by atomic mass is 10.1. The van der Waals surface area contributed by atoms with E-state index >= 15 is 0 Å². The zero-order valence-electron chi connectivity index (χ0n) is 17.3. The largest absolute Gasteiger partial charge is 0.484 e. The van der Waals surface area contributed by atoms with Crippen LogP contribution in [0, 0.1) is 12.7 Å². The third-order valence-corrected chi connectivity index (χ3v) is 5.62. The molecule has 2 heterocycles. The van der Waals surface area contributed by atoms with Crippen LogP contribution in [0.15, 0.2) is 59.0 Å². The summed E-state index contributed by atoms with van der Waals surface area (Å²) in [6.07, 6.45) is 0. The first-order chi connectivity index (χ1) is 15.0. The second-order valence-electron chi connectivity index (χ2n) is 7.68. The number of nitrogens with zero attached hydrogens (tertiary/aromatic N) is 2. The third-order valence-electron chi connectivity index (χ3n) is 5.32. The van der Waals surface area contributed by atoms with Gasteiger partial charge in [0.05, 0.1) is 5.02 Å². The second kappa shape index (κ2) is 9.54. The van der Waals surface area contributed by atoms with Gasteiger partial charge in [0.2, 0.25) is 0 Å². The molecular weight excluding hydrogens is 419 g/mol. The van der Waals surface area contributed by atoms with E-state index in [0.29, 0.717) is 24.6 Å². The Morgan fingerprint density at radius 3 is 2.52 bits per heavy atom. The highest BCUT2D eigenvalue weighted by Gasteiger charge is 2.24. The van der Waals surface area contributed by atoms with Crippen LogP contribution in [0.4, 0.5) is 4.39 Å². The fourth-order valence-corrected chi connectivity index (χ4v) is 3.75. The highest BCUT2D eigenvalue weighted by atomic mass is 35.5. The molecule has 0 radical (unpaired) electrons. The van der Waals surface area contributed by atoms with Gasteiger partial charge in [-0.3, -0.25) is 9.69 Å². The van der Waals surface area contributed by atoms with E-state index in [2.05, 4.69) is 36.1 Å². The van der Waals surface area contributed by atoms with Crippen LogP contribution < -0.4 is 4.74 Å². The van der Waals surface area contributed by atoms with E-state index in [4.69, 9.17) is 20.8 Å². The minimum Gasteiger partial charge on any atom is -0.484 e. The topological polar surface area (TPSA) is 45.9 Å². The molecule has 1 amide bonds. The molecule has 162 valence electrons. The number of piperazine rings is 1. The minimum atomic E-state index is -0.429. The van der Waals surface area contributed by atoms with Crippen molar-refractivity contribution >= 4 is 17.5 Å². The lowest BCUT2D eigenvalue weighted by molar-refractivity contribution is 0.0594. The number of benzene rings is 2. The van der Waals surface area contributed by atoms with Crippen molar-refractivity contribution in [2.45, 2.75) is 20.1 Å². The van der Waals surface area contributed by atoms with Gasteiger partial charge in [-0.05, 0) is 42.8 Å². The summed E-state index contributed by atoms with van der Waals surface area (Å²) in [6.45, 7) is 6.02. The Hall–Kier alpha value is -2.83. The molecule has 31 heavy (non-hydrogen) atoms. The van der Waals surface area contributed by atoms with Gasteiger partial charge in [0.15, 0.2) is 5.76 Å². The van der Waals surface area contributed by atoms with Gasteiger partial charge in [0, 0.05) is 32.7 Å². The summed E-state index contributed by atoms with van der Waals surface area (Å²) in [6, 6.07) is 15.8. The number of rotatable bonds is 6. The molecule has 2 aromatic carbocycles. The van der Waals surface area contributed by atoms with Crippen molar-refractivity contribution in [3.63, 3.8) is 0 Å². The molecule has 0 spiro atoms. The maximum absolute atomic E-state index is 13.1. The predicted octanol–water partition coefficient (Wildman–Crippen LogP) is 4.92. The molecule has 1 fully saturated rings. The van der Waals surface area contributed by atoms with Gasteiger partial charge in [-0.15, -0.1) is 0 Å². The Bertz CT molecular complexity index is 1040. The number of halogens is 2. The maximum atomic E-state index is 13.1. The highest BCUT2D eigenvalue weighted by Crippen LogP contribution is 2.26.